The number of benzene rings is 1. The van der Waals surface area contributed by atoms with E-state index in [0.29, 0.717) is 0 Å². The van der Waals surface area contributed by atoms with Crippen molar-refractivity contribution in [3.8, 4) is 0 Å². The standard InChI is InChI=1S/C9H12/c1-7-4-8(2)6-9(3)5-7/h4-6H,1-3H3/i1D3,2D3,4D,5D,6D. The van der Waals surface area contributed by atoms with Crippen LogP contribution in [-0.2, 0) is 0 Å². The lowest BCUT2D eigenvalue weighted by Crippen LogP contribution is -1.78. The van der Waals surface area contributed by atoms with E-state index in [1.54, 1.807) is 0 Å². The van der Waals surface area contributed by atoms with E-state index in [4.69, 9.17) is 12.3 Å². The molecule has 1 rings (SSSR count). The fourth-order valence-corrected chi connectivity index (χ4v) is 0.594. The molecule has 0 spiro atoms. The van der Waals surface area contributed by atoms with Crippen LogP contribution in [0.15, 0.2) is 18.1 Å². The Labute approximate surface area is 69.2 Å². The molecule has 0 saturated heterocycles. The summed E-state index contributed by atoms with van der Waals surface area (Å²) >= 11 is 0. The molecule has 1 aromatic rings. The smallest absolute Gasteiger partial charge is 0.0564 e. The highest BCUT2D eigenvalue weighted by Gasteiger charge is 1.87. The van der Waals surface area contributed by atoms with Crippen LogP contribution in [0, 0.1) is 20.6 Å². The average molecular weight is 129 g/mol. The Hall–Kier alpha value is -0.780. The summed E-state index contributed by atoms with van der Waals surface area (Å²) < 4.78 is 66.6. The molecule has 0 heteroatoms. The molecule has 0 saturated carbocycles. The van der Waals surface area contributed by atoms with Crippen LogP contribution in [-0.4, -0.2) is 0 Å². The quantitative estimate of drug-likeness (QED) is 0.505. The maximum absolute atomic E-state index is 7.68. The van der Waals surface area contributed by atoms with Crippen molar-refractivity contribution in [1.29, 1.82) is 0 Å². The Kier molecular flexibility index (Phi) is 0.356. The molecule has 1 aromatic carbocycles. The van der Waals surface area contributed by atoms with Gasteiger partial charge in [0.2, 0.25) is 0 Å². The minimum Gasteiger partial charge on any atom is -0.0564 e. The largest absolute Gasteiger partial charge is 0.0628 e. The Morgan fingerprint density at radius 1 is 1.11 bits per heavy atom. The number of hydrogen-bond donors (Lipinski definition) is 0. The van der Waals surface area contributed by atoms with E-state index in [1.165, 1.54) is 6.92 Å². The van der Waals surface area contributed by atoms with Crippen molar-refractivity contribution in [1.82, 2.24) is 0 Å². The Morgan fingerprint density at radius 3 is 2.00 bits per heavy atom. The Morgan fingerprint density at radius 2 is 1.56 bits per heavy atom. The molecule has 0 aliphatic carbocycles. The summed E-state index contributed by atoms with van der Waals surface area (Å²) in [5.74, 6) is 0. The first-order valence-corrected chi connectivity index (χ1v) is 2.50. The first-order valence-electron chi connectivity index (χ1n) is 7.00. The van der Waals surface area contributed by atoms with Crippen LogP contribution in [0.25, 0.3) is 0 Å². The average Bonchev–Trinajstić information content (AvgIpc) is 2.09. The molecule has 0 aliphatic rings. The first-order chi connectivity index (χ1) is 7.89. The summed E-state index contributed by atoms with van der Waals surface area (Å²) in [4.78, 5) is 0. The molecule has 0 radical (unpaired) electrons. The fourth-order valence-electron chi connectivity index (χ4n) is 0.594. The molecule has 0 nitrogen and oxygen atoms in total. The number of rotatable bonds is 0. The minimum absolute atomic E-state index is 0.0387. The van der Waals surface area contributed by atoms with Crippen LogP contribution in [0.3, 0.4) is 0 Å². The zero-order valence-corrected chi connectivity index (χ0v) is 5.00. The molecule has 0 amide bonds. The predicted molar refractivity (Wildman–Crippen MR) is 40.7 cm³/mol. The van der Waals surface area contributed by atoms with Gasteiger partial charge in [-0.15, -0.1) is 0 Å². The molecule has 0 N–H and O–H groups in total. The van der Waals surface area contributed by atoms with Gasteiger partial charge in [0.25, 0.3) is 0 Å². The molecule has 48 valence electrons. The van der Waals surface area contributed by atoms with Gasteiger partial charge < -0.3 is 0 Å². The maximum Gasteiger partial charge on any atom is 0.0628 e. The lowest BCUT2D eigenvalue weighted by atomic mass is 10.1. The molecule has 9 heavy (non-hydrogen) atoms. The Balaban J connectivity index is 3.83. The highest BCUT2D eigenvalue weighted by molar-refractivity contribution is 5.27. The van der Waals surface area contributed by atoms with Crippen LogP contribution in [0.1, 0.15) is 29.0 Å². The third kappa shape index (κ3) is 1.56. The van der Waals surface area contributed by atoms with Crippen molar-refractivity contribution < 1.29 is 12.3 Å². The fraction of sp³-hybridized carbons (Fsp3) is 0.333. The van der Waals surface area contributed by atoms with E-state index in [2.05, 4.69) is 0 Å². The van der Waals surface area contributed by atoms with E-state index in [1.807, 2.05) is 0 Å². The molecular weight excluding hydrogens is 108 g/mol. The van der Waals surface area contributed by atoms with Gasteiger partial charge in [-0.1, -0.05) is 34.8 Å². The van der Waals surface area contributed by atoms with Crippen LogP contribution >= 0.6 is 0 Å². The van der Waals surface area contributed by atoms with Gasteiger partial charge in [0.05, 0.1) is 4.11 Å². The SMILES string of the molecule is [2H]c1c(C)c([2H])c(C([2H])([2H])[2H])c([2H])c1C([2H])([2H])[2H]. The van der Waals surface area contributed by atoms with Gasteiger partial charge in [-0.2, -0.15) is 0 Å². The summed E-state index contributed by atoms with van der Waals surface area (Å²) in [5.41, 5.74) is -1.26. The highest BCUT2D eigenvalue weighted by atomic mass is 13.9. The third-order valence-electron chi connectivity index (χ3n) is 0.875. The predicted octanol–water partition coefficient (Wildman–Crippen LogP) is 2.61. The summed E-state index contributed by atoms with van der Waals surface area (Å²) in [6.45, 7) is -4.17. The molecule has 0 bridgehead atoms. The van der Waals surface area contributed by atoms with E-state index in [9.17, 15) is 0 Å². The number of hydrogen-bond acceptors (Lipinski definition) is 0. The summed E-state index contributed by atoms with van der Waals surface area (Å²) in [6, 6.07) is -1.67. The summed E-state index contributed by atoms with van der Waals surface area (Å²) in [5, 5.41) is 0. The topological polar surface area (TPSA) is 0 Å². The van der Waals surface area contributed by atoms with Gasteiger partial charge >= 0.3 is 0 Å². The second-order valence-electron chi connectivity index (χ2n) is 1.75. The first kappa shape index (κ1) is 1.45. The molecular formula is C9H12. The minimum atomic E-state index is -2.74. The monoisotopic (exact) mass is 129 g/mol. The Bertz CT molecular complexity index is 439. The van der Waals surface area contributed by atoms with Crippen molar-refractivity contribution in [2.24, 2.45) is 0 Å². The summed E-state index contributed by atoms with van der Waals surface area (Å²) in [6.07, 6.45) is 0. The lowest BCUT2D eigenvalue weighted by molar-refractivity contribution is 1.32. The van der Waals surface area contributed by atoms with Crippen molar-refractivity contribution in [2.75, 3.05) is 0 Å². The van der Waals surface area contributed by atoms with Crippen LogP contribution < -0.4 is 0 Å². The second kappa shape index (κ2) is 2.22. The summed E-state index contributed by atoms with van der Waals surface area (Å²) in [7, 11) is 0. The lowest BCUT2D eigenvalue weighted by Gasteiger charge is -1.96. The van der Waals surface area contributed by atoms with Gasteiger partial charge in [-0.25, -0.2) is 0 Å². The van der Waals surface area contributed by atoms with E-state index in [-0.39, 0.29) is 5.56 Å². The van der Waals surface area contributed by atoms with Crippen molar-refractivity contribution in [3.63, 3.8) is 0 Å². The van der Waals surface area contributed by atoms with Gasteiger partial charge in [-0.05, 0) is 20.6 Å². The van der Waals surface area contributed by atoms with E-state index in [0.717, 1.165) is 0 Å². The van der Waals surface area contributed by atoms with Crippen molar-refractivity contribution in [2.45, 2.75) is 20.6 Å². The molecule has 0 fully saturated rings. The zero-order chi connectivity index (χ0) is 14.5. The van der Waals surface area contributed by atoms with Crippen LogP contribution in [0.2, 0.25) is 0 Å². The maximum atomic E-state index is 7.68. The van der Waals surface area contributed by atoms with Gasteiger partial charge in [-0.3, -0.25) is 0 Å². The highest BCUT2D eigenvalue weighted by Crippen LogP contribution is 2.06. The molecule has 0 aliphatic heterocycles. The zero-order valence-electron chi connectivity index (χ0n) is 14.0. The van der Waals surface area contributed by atoms with Gasteiger partial charge in [0.1, 0.15) is 0 Å². The van der Waals surface area contributed by atoms with Crippen LogP contribution in [0.5, 0.6) is 0 Å². The molecule has 0 atom stereocenters. The van der Waals surface area contributed by atoms with Crippen molar-refractivity contribution >= 4 is 0 Å². The normalized spacial score (nSPS) is 27.0. The van der Waals surface area contributed by atoms with Crippen molar-refractivity contribution in [3.05, 3.63) is 34.8 Å². The second-order valence-corrected chi connectivity index (χ2v) is 1.75. The van der Waals surface area contributed by atoms with Crippen LogP contribution in [0.4, 0.5) is 0 Å². The molecule has 0 heterocycles. The third-order valence-corrected chi connectivity index (χ3v) is 0.875. The van der Waals surface area contributed by atoms with E-state index < -0.39 is 43.0 Å². The van der Waals surface area contributed by atoms with E-state index >= 15 is 0 Å². The molecule has 0 aromatic heterocycles. The van der Waals surface area contributed by atoms with Gasteiger partial charge in [0.15, 0.2) is 0 Å². The van der Waals surface area contributed by atoms with Gasteiger partial charge in [0, 0.05) is 8.22 Å². The molecule has 0 unspecified atom stereocenters.